The van der Waals surface area contributed by atoms with Crippen molar-refractivity contribution in [3.8, 4) is 0 Å². The van der Waals surface area contributed by atoms with Crippen LogP contribution in [0.4, 0.5) is 13.2 Å². The zero-order valence-electron chi connectivity index (χ0n) is 8.64. The summed E-state index contributed by atoms with van der Waals surface area (Å²) in [5.74, 6) is 0.0561. The molecule has 0 aromatic heterocycles. The van der Waals surface area contributed by atoms with Gasteiger partial charge in [-0.3, -0.25) is 0 Å². The van der Waals surface area contributed by atoms with Gasteiger partial charge in [0.15, 0.2) is 0 Å². The molecule has 0 aliphatic carbocycles. The zero-order chi connectivity index (χ0) is 11.3. The van der Waals surface area contributed by atoms with Gasteiger partial charge in [0.25, 0.3) is 0 Å². The lowest BCUT2D eigenvalue weighted by atomic mass is 10.1. The summed E-state index contributed by atoms with van der Waals surface area (Å²) in [4.78, 5) is 0. The van der Waals surface area contributed by atoms with Crippen molar-refractivity contribution in [1.82, 2.24) is 5.32 Å². The van der Waals surface area contributed by atoms with Crippen LogP contribution in [0.15, 0.2) is 0 Å². The molecule has 0 saturated carbocycles. The average molecular weight is 243 g/mol. The van der Waals surface area contributed by atoms with E-state index < -0.39 is 5.51 Å². The van der Waals surface area contributed by atoms with E-state index in [1.54, 1.807) is 0 Å². The lowest BCUT2D eigenvalue weighted by Gasteiger charge is -2.19. The minimum Gasteiger partial charge on any atom is -0.377 e. The third-order valence-corrected chi connectivity index (χ3v) is 3.09. The summed E-state index contributed by atoms with van der Waals surface area (Å²) in [6, 6.07) is 0.140. The van der Waals surface area contributed by atoms with Crippen LogP contribution in [0.1, 0.15) is 19.8 Å². The van der Waals surface area contributed by atoms with Gasteiger partial charge >= 0.3 is 5.51 Å². The molecule has 2 atom stereocenters. The molecule has 1 saturated heterocycles. The molecule has 1 rings (SSSR count). The quantitative estimate of drug-likeness (QED) is 0.749. The van der Waals surface area contributed by atoms with Gasteiger partial charge in [-0.15, -0.1) is 0 Å². The number of hydrogen-bond donors (Lipinski definition) is 1. The Morgan fingerprint density at radius 2 is 2.27 bits per heavy atom. The number of ether oxygens (including phenoxy) is 1. The van der Waals surface area contributed by atoms with Gasteiger partial charge in [0, 0.05) is 24.9 Å². The van der Waals surface area contributed by atoms with Crippen molar-refractivity contribution in [2.75, 3.05) is 18.9 Å². The van der Waals surface area contributed by atoms with Crippen LogP contribution in [0, 0.1) is 0 Å². The second kappa shape index (κ2) is 5.96. The van der Waals surface area contributed by atoms with Crippen molar-refractivity contribution in [1.29, 1.82) is 0 Å². The molecule has 0 spiro atoms. The standard InChI is InChI=1S/C9H16F3NOS/c1-7(8-3-2-5-14-8)13-4-6-15-9(10,11)12/h7-8,13H,2-6H2,1H3. The monoisotopic (exact) mass is 243 g/mol. The number of thioether (sulfide) groups is 1. The fourth-order valence-electron chi connectivity index (χ4n) is 1.58. The normalized spacial score (nSPS) is 24.4. The fourth-order valence-corrected chi connectivity index (χ4v) is 2.03. The minimum atomic E-state index is -4.12. The number of alkyl halides is 3. The van der Waals surface area contributed by atoms with Gasteiger partial charge < -0.3 is 10.1 Å². The van der Waals surface area contributed by atoms with E-state index in [4.69, 9.17) is 4.74 Å². The molecule has 1 heterocycles. The number of halogens is 3. The highest BCUT2D eigenvalue weighted by atomic mass is 32.2. The van der Waals surface area contributed by atoms with Crippen molar-refractivity contribution < 1.29 is 17.9 Å². The summed E-state index contributed by atoms with van der Waals surface area (Å²) in [6.45, 7) is 3.09. The van der Waals surface area contributed by atoms with Crippen LogP contribution in [0.25, 0.3) is 0 Å². The summed E-state index contributed by atoms with van der Waals surface area (Å²) in [6.07, 6.45) is 2.22. The van der Waals surface area contributed by atoms with Gasteiger partial charge in [0.1, 0.15) is 0 Å². The second-order valence-corrected chi connectivity index (χ2v) is 4.75. The second-order valence-electron chi connectivity index (χ2n) is 3.59. The van der Waals surface area contributed by atoms with E-state index in [9.17, 15) is 13.2 Å². The lowest BCUT2D eigenvalue weighted by molar-refractivity contribution is -0.0327. The zero-order valence-corrected chi connectivity index (χ0v) is 9.46. The molecule has 2 unspecified atom stereocenters. The molecule has 6 heteroatoms. The van der Waals surface area contributed by atoms with Crippen LogP contribution < -0.4 is 5.32 Å². The van der Waals surface area contributed by atoms with Gasteiger partial charge in [-0.25, -0.2) is 0 Å². The van der Waals surface area contributed by atoms with Crippen molar-refractivity contribution >= 4 is 11.8 Å². The van der Waals surface area contributed by atoms with Gasteiger partial charge in [0.2, 0.25) is 0 Å². The predicted octanol–water partition coefficient (Wildman–Crippen LogP) is 2.40. The van der Waals surface area contributed by atoms with Crippen LogP contribution in [0.2, 0.25) is 0 Å². The Morgan fingerprint density at radius 3 is 2.80 bits per heavy atom. The Hall–Kier alpha value is 0.0600. The fraction of sp³-hybridized carbons (Fsp3) is 1.00. The third-order valence-electron chi connectivity index (χ3n) is 2.36. The summed E-state index contributed by atoms with van der Waals surface area (Å²) in [5, 5.41) is 3.05. The highest BCUT2D eigenvalue weighted by molar-refractivity contribution is 8.00. The van der Waals surface area contributed by atoms with E-state index in [1.807, 2.05) is 6.92 Å². The van der Waals surface area contributed by atoms with Crippen LogP contribution in [-0.4, -0.2) is 36.6 Å². The Kier molecular flexibility index (Phi) is 5.22. The summed E-state index contributed by atoms with van der Waals surface area (Å²) in [5.41, 5.74) is -4.12. The van der Waals surface area contributed by atoms with E-state index in [0.717, 1.165) is 19.4 Å². The number of hydrogen-bond acceptors (Lipinski definition) is 3. The molecule has 0 amide bonds. The Bertz CT molecular complexity index is 183. The molecule has 0 radical (unpaired) electrons. The van der Waals surface area contributed by atoms with Crippen molar-refractivity contribution in [2.24, 2.45) is 0 Å². The molecule has 15 heavy (non-hydrogen) atoms. The topological polar surface area (TPSA) is 21.3 Å². The highest BCUT2D eigenvalue weighted by Crippen LogP contribution is 2.29. The van der Waals surface area contributed by atoms with Crippen molar-refractivity contribution in [3.05, 3.63) is 0 Å². The van der Waals surface area contributed by atoms with E-state index in [2.05, 4.69) is 5.32 Å². The first-order valence-electron chi connectivity index (χ1n) is 5.05. The van der Waals surface area contributed by atoms with Crippen molar-refractivity contribution in [2.45, 2.75) is 37.4 Å². The molecular weight excluding hydrogens is 227 g/mol. The van der Waals surface area contributed by atoms with Gasteiger partial charge in [-0.05, 0) is 31.5 Å². The maximum atomic E-state index is 11.8. The van der Waals surface area contributed by atoms with Crippen LogP contribution >= 0.6 is 11.8 Å². The van der Waals surface area contributed by atoms with E-state index in [1.165, 1.54) is 0 Å². The molecule has 1 aliphatic heterocycles. The van der Waals surface area contributed by atoms with E-state index in [0.29, 0.717) is 6.54 Å². The average Bonchev–Trinajstić information content (AvgIpc) is 2.63. The molecule has 2 nitrogen and oxygen atoms in total. The molecular formula is C9H16F3NOS. The summed E-state index contributed by atoms with van der Waals surface area (Å²) >= 11 is 0.0148. The van der Waals surface area contributed by atoms with Gasteiger partial charge in [0.05, 0.1) is 6.10 Å². The molecule has 0 aromatic rings. The van der Waals surface area contributed by atoms with E-state index in [-0.39, 0.29) is 29.7 Å². The molecule has 1 fully saturated rings. The van der Waals surface area contributed by atoms with Crippen LogP contribution in [-0.2, 0) is 4.74 Å². The molecule has 0 bridgehead atoms. The van der Waals surface area contributed by atoms with Crippen LogP contribution in [0.3, 0.4) is 0 Å². The van der Waals surface area contributed by atoms with Gasteiger partial charge in [-0.1, -0.05) is 0 Å². The highest BCUT2D eigenvalue weighted by Gasteiger charge is 2.28. The number of rotatable bonds is 5. The lowest BCUT2D eigenvalue weighted by Crippen LogP contribution is -2.38. The smallest absolute Gasteiger partial charge is 0.377 e. The first-order chi connectivity index (χ1) is 6.99. The molecule has 1 aliphatic rings. The van der Waals surface area contributed by atoms with Crippen LogP contribution in [0.5, 0.6) is 0 Å². The SMILES string of the molecule is CC(NCCSC(F)(F)F)C1CCCO1. The first kappa shape index (κ1) is 13.1. The Labute approximate surface area is 91.9 Å². The van der Waals surface area contributed by atoms with Crippen molar-refractivity contribution in [3.63, 3.8) is 0 Å². The predicted molar refractivity (Wildman–Crippen MR) is 55.0 cm³/mol. The summed E-state index contributed by atoms with van der Waals surface area (Å²) < 4.78 is 40.8. The maximum Gasteiger partial charge on any atom is 0.441 e. The molecule has 0 aromatic carbocycles. The maximum absolute atomic E-state index is 11.8. The summed E-state index contributed by atoms with van der Waals surface area (Å²) in [7, 11) is 0. The molecule has 1 N–H and O–H groups in total. The Balaban J connectivity index is 2.04. The van der Waals surface area contributed by atoms with E-state index >= 15 is 0 Å². The first-order valence-corrected chi connectivity index (χ1v) is 6.03. The Morgan fingerprint density at radius 1 is 1.53 bits per heavy atom. The largest absolute Gasteiger partial charge is 0.441 e. The third kappa shape index (κ3) is 5.63. The number of nitrogens with one attached hydrogen (secondary N) is 1. The minimum absolute atomic E-state index is 0.0148. The molecule has 90 valence electrons. The van der Waals surface area contributed by atoms with Gasteiger partial charge in [-0.2, -0.15) is 13.2 Å².